The lowest BCUT2D eigenvalue weighted by Crippen LogP contribution is -2.20. The van der Waals surface area contributed by atoms with Gasteiger partial charge in [0.05, 0.1) is 26.4 Å². The van der Waals surface area contributed by atoms with Gasteiger partial charge in [0, 0.05) is 11.9 Å². The molecule has 27 heavy (non-hydrogen) atoms. The summed E-state index contributed by atoms with van der Waals surface area (Å²) < 4.78 is 16.8. The third kappa shape index (κ3) is 13.8. The van der Waals surface area contributed by atoms with Crippen LogP contribution in [0.4, 0.5) is 0 Å². The first-order chi connectivity index (χ1) is 13.1. The van der Waals surface area contributed by atoms with Gasteiger partial charge in [-0.15, -0.1) is 11.8 Å². The van der Waals surface area contributed by atoms with Gasteiger partial charge in [0.25, 0.3) is 0 Å². The highest BCUT2D eigenvalue weighted by molar-refractivity contribution is 8.76. The summed E-state index contributed by atoms with van der Waals surface area (Å²) in [5, 5.41) is 0.709. The molecule has 0 aliphatic rings. The topological polar surface area (TPSA) is 57.7 Å². The Morgan fingerprint density at radius 1 is 1.19 bits per heavy atom. The number of nitrogens with zero attached hydrogens (tertiary/aromatic N) is 1. The molecule has 0 fully saturated rings. The Labute approximate surface area is 183 Å². The van der Waals surface area contributed by atoms with Gasteiger partial charge in [-0.2, -0.15) is 0 Å². The summed E-state index contributed by atoms with van der Waals surface area (Å²) in [6.07, 6.45) is 1.79. The number of rotatable bonds is 14. The van der Waals surface area contributed by atoms with Crippen LogP contribution in [0.2, 0.25) is 0 Å². The number of thioether (sulfide) groups is 2. The molecule has 152 valence electrons. The Balaban J connectivity index is 1.88. The second-order valence-electron chi connectivity index (χ2n) is 4.91. The van der Waals surface area contributed by atoms with E-state index in [0.717, 1.165) is 20.1 Å². The van der Waals surface area contributed by atoms with Gasteiger partial charge < -0.3 is 14.2 Å². The van der Waals surface area contributed by atoms with Gasteiger partial charge in [0.15, 0.2) is 0 Å². The van der Waals surface area contributed by atoms with Gasteiger partial charge in [-0.1, -0.05) is 47.8 Å². The van der Waals surface area contributed by atoms with Crippen molar-refractivity contribution in [1.29, 1.82) is 0 Å². The molecular formula is C17H25NO4S5. The fraction of sp³-hybridized carbons (Fsp3) is 0.588. The molecule has 1 heterocycles. The van der Waals surface area contributed by atoms with Gasteiger partial charge in [-0.25, -0.2) is 4.98 Å². The van der Waals surface area contributed by atoms with E-state index >= 15 is 0 Å². The van der Waals surface area contributed by atoms with Crippen molar-refractivity contribution in [2.75, 3.05) is 44.5 Å². The molecule has 1 aromatic heterocycles. The van der Waals surface area contributed by atoms with Crippen molar-refractivity contribution in [3.05, 3.63) is 24.4 Å². The molecular weight excluding hydrogens is 443 g/mol. The van der Waals surface area contributed by atoms with E-state index in [9.17, 15) is 4.79 Å². The maximum atomic E-state index is 11.8. The fourth-order valence-corrected chi connectivity index (χ4v) is 5.85. The molecule has 1 atom stereocenters. The molecule has 1 aromatic rings. The van der Waals surface area contributed by atoms with Crippen LogP contribution in [0.3, 0.4) is 0 Å². The van der Waals surface area contributed by atoms with Crippen molar-refractivity contribution in [3.8, 4) is 0 Å². The highest BCUT2D eigenvalue weighted by Gasteiger charge is 2.17. The van der Waals surface area contributed by atoms with Crippen LogP contribution in [0.25, 0.3) is 0 Å². The highest BCUT2D eigenvalue weighted by atomic mass is 33.1. The quantitative estimate of drug-likeness (QED) is 0.168. The third-order valence-electron chi connectivity index (χ3n) is 2.80. The molecule has 0 radical (unpaired) electrons. The summed E-state index contributed by atoms with van der Waals surface area (Å²) in [6.45, 7) is 6.11. The van der Waals surface area contributed by atoms with E-state index in [4.69, 9.17) is 26.4 Å². The van der Waals surface area contributed by atoms with Crippen molar-refractivity contribution in [3.63, 3.8) is 0 Å². The summed E-state index contributed by atoms with van der Waals surface area (Å²) in [5.41, 5.74) is 0. The Bertz CT molecular complexity index is 535. The summed E-state index contributed by atoms with van der Waals surface area (Å²) in [5.74, 6) is 1.53. The molecule has 1 rings (SSSR count). The zero-order valence-corrected chi connectivity index (χ0v) is 19.5. The van der Waals surface area contributed by atoms with Gasteiger partial charge in [-0.05, 0) is 35.6 Å². The molecule has 0 aromatic carbocycles. The molecule has 10 heteroatoms. The Morgan fingerprint density at radius 3 is 2.63 bits per heavy atom. The van der Waals surface area contributed by atoms with Crippen molar-refractivity contribution >= 4 is 66.8 Å². The molecule has 0 aliphatic heterocycles. The van der Waals surface area contributed by atoms with Crippen LogP contribution >= 0.6 is 57.3 Å². The first-order valence-corrected chi connectivity index (χ1v) is 13.1. The Hall–Kier alpha value is 0.0300. The average molecular weight is 468 g/mol. The first-order valence-electron chi connectivity index (χ1n) is 8.49. The fourth-order valence-electron chi connectivity index (χ4n) is 1.58. The number of thiocarbonyl (C=S) groups is 1. The van der Waals surface area contributed by atoms with E-state index in [1.54, 1.807) is 46.5 Å². The monoisotopic (exact) mass is 467 g/mol. The largest absolute Gasteiger partial charge is 0.462 e. The lowest BCUT2D eigenvalue weighted by molar-refractivity contribution is -0.144. The van der Waals surface area contributed by atoms with Crippen LogP contribution in [0.5, 0.6) is 0 Å². The average Bonchev–Trinajstić information content (AvgIpc) is 2.66. The van der Waals surface area contributed by atoms with Crippen LogP contribution in [0, 0.1) is 0 Å². The zero-order chi connectivity index (χ0) is 19.7. The predicted molar refractivity (Wildman–Crippen MR) is 123 cm³/mol. The highest BCUT2D eigenvalue weighted by Crippen LogP contribution is 2.28. The minimum absolute atomic E-state index is 0.244. The van der Waals surface area contributed by atoms with Gasteiger partial charge in [-0.3, -0.25) is 4.79 Å². The van der Waals surface area contributed by atoms with E-state index in [1.165, 1.54) is 11.8 Å². The number of esters is 1. The third-order valence-corrected chi connectivity index (χ3v) is 7.58. The maximum Gasteiger partial charge on any atom is 0.319 e. The molecule has 5 nitrogen and oxygen atoms in total. The van der Waals surface area contributed by atoms with Gasteiger partial charge in [0.1, 0.15) is 20.4 Å². The van der Waals surface area contributed by atoms with E-state index in [-0.39, 0.29) is 17.8 Å². The number of aromatic nitrogens is 1. The van der Waals surface area contributed by atoms with E-state index in [1.807, 2.05) is 25.1 Å². The van der Waals surface area contributed by atoms with Gasteiger partial charge in [0.2, 0.25) is 0 Å². The zero-order valence-electron chi connectivity index (χ0n) is 15.5. The van der Waals surface area contributed by atoms with Crippen LogP contribution < -0.4 is 0 Å². The molecule has 0 saturated carbocycles. The smallest absolute Gasteiger partial charge is 0.319 e. The second-order valence-corrected chi connectivity index (χ2v) is 11.2. The number of carbonyl (C=O) groups excluding carboxylic acids is 1. The minimum Gasteiger partial charge on any atom is -0.462 e. The number of carbonyl (C=O) groups is 1. The summed E-state index contributed by atoms with van der Waals surface area (Å²) in [7, 11) is 3.35. The molecule has 0 spiro atoms. The molecule has 0 amide bonds. The van der Waals surface area contributed by atoms with Crippen molar-refractivity contribution < 1.29 is 19.0 Å². The minimum atomic E-state index is -0.290. The molecule has 0 saturated heterocycles. The number of ether oxygens (including phenoxy) is 3. The SMILES string of the molecule is CCSC(=S)SC(C)C(=O)OCCOCCOCCSSc1ccccn1. The number of hydrogen-bond acceptors (Lipinski definition) is 10. The van der Waals surface area contributed by atoms with Crippen LogP contribution in [-0.2, 0) is 19.0 Å². The van der Waals surface area contributed by atoms with Crippen molar-refractivity contribution in [2.45, 2.75) is 24.1 Å². The predicted octanol–water partition coefficient (Wildman–Crippen LogP) is 4.56. The molecule has 0 aliphatic carbocycles. The lowest BCUT2D eigenvalue weighted by Gasteiger charge is -2.11. The van der Waals surface area contributed by atoms with Gasteiger partial charge >= 0.3 is 5.97 Å². The molecule has 0 bridgehead atoms. The Kier molecular flexibility index (Phi) is 15.7. The molecule has 0 N–H and O–H groups in total. The maximum absolute atomic E-state index is 11.8. The normalized spacial score (nSPS) is 11.9. The van der Waals surface area contributed by atoms with Crippen LogP contribution in [0.1, 0.15) is 13.8 Å². The van der Waals surface area contributed by atoms with Crippen molar-refractivity contribution in [1.82, 2.24) is 4.98 Å². The number of pyridine rings is 1. The molecule has 1 unspecified atom stereocenters. The lowest BCUT2D eigenvalue weighted by atomic mass is 10.5. The van der Waals surface area contributed by atoms with Crippen molar-refractivity contribution in [2.24, 2.45) is 0 Å². The van der Waals surface area contributed by atoms with E-state index in [2.05, 4.69) is 4.98 Å². The van der Waals surface area contributed by atoms with Crippen LogP contribution in [0.15, 0.2) is 29.4 Å². The van der Waals surface area contributed by atoms with Crippen LogP contribution in [-0.4, -0.2) is 64.3 Å². The van der Waals surface area contributed by atoms with E-state index in [0.29, 0.717) is 26.4 Å². The second kappa shape index (κ2) is 16.9. The number of hydrogen-bond donors (Lipinski definition) is 0. The summed E-state index contributed by atoms with van der Waals surface area (Å²) in [6, 6.07) is 5.86. The standard InChI is InChI=1S/C17H25NO4S5/c1-3-24-17(23)26-14(2)16(19)22-11-10-20-8-9-21-12-13-25-27-15-6-4-5-7-18-15/h4-7,14H,3,8-13H2,1-2H3. The Morgan fingerprint density at radius 2 is 1.93 bits per heavy atom. The summed E-state index contributed by atoms with van der Waals surface area (Å²) >= 11 is 8.09. The first kappa shape index (κ1) is 25.1. The van der Waals surface area contributed by atoms with E-state index < -0.39 is 0 Å². The summed E-state index contributed by atoms with van der Waals surface area (Å²) in [4.78, 5) is 16.1.